The number of aromatic nitrogens is 2. The Labute approximate surface area is 118 Å². The van der Waals surface area contributed by atoms with Crippen molar-refractivity contribution in [2.24, 2.45) is 5.92 Å². The highest BCUT2D eigenvalue weighted by Gasteiger charge is 2.16. The van der Waals surface area contributed by atoms with Gasteiger partial charge < -0.3 is 9.30 Å². The Bertz CT molecular complexity index is 546. The molecule has 3 rings (SSSR count). The molecule has 2 aromatic rings. The first-order chi connectivity index (χ1) is 9.38. The summed E-state index contributed by atoms with van der Waals surface area (Å²) in [6.45, 7) is 5.01. The van der Waals surface area contributed by atoms with Gasteiger partial charge in [-0.25, -0.2) is 4.98 Å². The van der Waals surface area contributed by atoms with Crippen molar-refractivity contribution in [2.75, 3.05) is 19.0 Å². The van der Waals surface area contributed by atoms with Gasteiger partial charge in [0.05, 0.1) is 17.6 Å². The summed E-state index contributed by atoms with van der Waals surface area (Å²) in [5.74, 6) is 1.80. The second-order valence-electron chi connectivity index (χ2n) is 5.02. The van der Waals surface area contributed by atoms with E-state index in [1.54, 1.807) is 0 Å². The third kappa shape index (κ3) is 2.79. The summed E-state index contributed by atoms with van der Waals surface area (Å²) in [5, 5.41) is 1.15. The van der Waals surface area contributed by atoms with E-state index >= 15 is 0 Å². The van der Waals surface area contributed by atoms with Gasteiger partial charge in [0.2, 0.25) is 0 Å². The average Bonchev–Trinajstić information content (AvgIpc) is 2.83. The van der Waals surface area contributed by atoms with Crippen molar-refractivity contribution in [2.45, 2.75) is 31.5 Å². The summed E-state index contributed by atoms with van der Waals surface area (Å²) in [6, 6.07) is 8.38. The number of imidazole rings is 1. The van der Waals surface area contributed by atoms with Gasteiger partial charge in [-0.3, -0.25) is 0 Å². The number of nitrogens with zero attached hydrogens (tertiary/aromatic N) is 2. The maximum Gasteiger partial charge on any atom is 0.169 e. The minimum atomic E-state index is 0.684. The van der Waals surface area contributed by atoms with Gasteiger partial charge in [0, 0.05) is 18.9 Å². The summed E-state index contributed by atoms with van der Waals surface area (Å²) >= 11 is 1.88. The Hall–Kier alpha value is -1.00. The van der Waals surface area contributed by atoms with Crippen LogP contribution >= 0.6 is 11.8 Å². The van der Waals surface area contributed by atoms with Crippen LogP contribution in [0.1, 0.15) is 19.8 Å². The van der Waals surface area contributed by atoms with Crippen LogP contribution in [0.3, 0.4) is 0 Å². The van der Waals surface area contributed by atoms with Gasteiger partial charge in [-0.05, 0) is 37.8 Å². The van der Waals surface area contributed by atoms with Gasteiger partial charge in [0.1, 0.15) is 0 Å². The molecule has 0 unspecified atom stereocenters. The van der Waals surface area contributed by atoms with Crippen molar-refractivity contribution in [3.63, 3.8) is 0 Å². The van der Waals surface area contributed by atoms with Crippen LogP contribution in [0.25, 0.3) is 11.0 Å². The first-order valence-electron chi connectivity index (χ1n) is 7.04. The summed E-state index contributed by atoms with van der Waals surface area (Å²) in [6.07, 6.45) is 2.49. The zero-order valence-corrected chi connectivity index (χ0v) is 12.2. The molecule has 1 saturated heterocycles. The van der Waals surface area contributed by atoms with Crippen molar-refractivity contribution in [3.8, 4) is 0 Å². The third-order valence-electron chi connectivity index (χ3n) is 3.64. The van der Waals surface area contributed by atoms with E-state index in [0.717, 1.165) is 36.2 Å². The fraction of sp³-hybridized carbons (Fsp3) is 0.533. The molecule has 19 heavy (non-hydrogen) atoms. The second-order valence-corrected chi connectivity index (χ2v) is 6.01. The molecular formula is C15H20N2OS. The van der Waals surface area contributed by atoms with Crippen LogP contribution in [-0.2, 0) is 11.3 Å². The molecule has 1 fully saturated rings. The maximum atomic E-state index is 5.55. The van der Waals surface area contributed by atoms with Crippen LogP contribution in [0.2, 0.25) is 0 Å². The number of fused-ring (bicyclic) bond motifs is 1. The molecule has 1 aromatic heterocycles. The van der Waals surface area contributed by atoms with E-state index in [1.165, 1.54) is 18.4 Å². The number of benzene rings is 1. The Morgan fingerprint density at radius 2 is 2.32 bits per heavy atom. The Morgan fingerprint density at radius 1 is 1.42 bits per heavy atom. The molecule has 1 aliphatic rings. The quantitative estimate of drug-likeness (QED) is 0.799. The molecule has 1 aromatic carbocycles. The molecule has 4 heteroatoms. The predicted octanol–water partition coefficient (Wildman–Crippen LogP) is 3.57. The van der Waals surface area contributed by atoms with Crippen LogP contribution in [-0.4, -0.2) is 28.5 Å². The largest absolute Gasteiger partial charge is 0.381 e. The highest BCUT2D eigenvalue weighted by Crippen LogP contribution is 2.27. The number of para-hydroxylation sites is 2. The van der Waals surface area contributed by atoms with Crippen LogP contribution < -0.4 is 0 Å². The number of aryl methyl sites for hydroxylation is 1. The van der Waals surface area contributed by atoms with Gasteiger partial charge in [0.25, 0.3) is 0 Å². The molecule has 0 amide bonds. The third-order valence-corrected chi connectivity index (χ3v) is 4.85. The van der Waals surface area contributed by atoms with E-state index in [1.807, 2.05) is 11.8 Å². The normalized spacial score (nSPS) is 19.9. The summed E-state index contributed by atoms with van der Waals surface area (Å²) in [7, 11) is 0. The molecule has 2 heterocycles. The van der Waals surface area contributed by atoms with Crippen molar-refractivity contribution in [3.05, 3.63) is 24.3 Å². The number of hydrogen-bond donors (Lipinski definition) is 0. The molecule has 3 nitrogen and oxygen atoms in total. The number of thioether (sulfide) groups is 1. The zero-order chi connectivity index (χ0) is 13.1. The smallest absolute Gasteiger partial charge is 0.169 e. The Balaban J connectivity index is 1.76. The van der Waals surface area contributed by atoms with Gasteiger partial charge >= 0.3 is 0 Å². The maximum absolute atomic E-state index is 5.55. The summed E-state index contributed by atoms with van der Waals surface area (Å²) in [5.41, 5.74) is 2.35. The van der Waals surface area contributed by atoms with Crippen LogP contribution in [0, 0.1) is 5.92 Å². The molecule has 1 aliphatic heterocycles. The van der Waals surface area contributed by atoms with Crippen LogP contribution in [0.15, 0.2) is 29.4 Å². The van der Waals surface area contributed by atoms with Crippen molar-refractivity contribution in [1.82, 2.24) is 9.55 Å². The standard InChI is InChI=1S/C15H20N2OS/c1-2-17-14-8-4-3-7-13(14)16-15(17)19-11-12-6-5-9-18-10-12/h3-4,7-8,12H,2,5-6,9-11H2,1H3/t12-/m1/s1. The second kappa shape index (κ2) is 5.97. The average molecular weight is 276 g/mol. The lowest BCUT2D eigenvalue weighted by Crippen LogP contribution is -2.19. The minimum Gasteiger partial charge on any atom is -0.381 e. The molecule has 0 aliphatic carbocycles. The van der Waals surface area contributed by atoms with Crippen molar-refractivity contribution in [1.29, 1.82) is 0 Å². The van der Waals surface area contributed by atoms with E-state index in [4.69, 9.17) is 9.72 Å². The summed E-state index contributed by atoms with van der Waals surface area (Å²) < 4.78 is 7.85. The molecule has 102 valence electrons. The minimum absolute atomic E-state index is 0.684. The first kappa shape index (κ1) is 13.0. The zero-order valence-electron chi connectivity index (χ0n) is 11.3. The topological polar surface area (TPSA) is 27.1 Å². The molecule has 1 atom stereocenters. The fourth-order valence-corrected chi connectivity index (χ4v) is 3.79. The van der Waals surface area contributed by atoms with E-state index in [9.17, 15) is 0 Å². The van der Waals surface area contributed by atoms with Crippen molar-refractivity contribution >= 4 is 22.8 Å². The lowest BCUT2D eigenvalue weighted by molar-refractivity contribution is 0.0632. The number of hydrogen-bond acceptors (Lipinski definition) is 3. The molecule has 0 N–H and O–H groups in total. The van der Waals surface area contributed by atoms with Gasteiger partial charge in [-0.1, -0.05) is 23.9 Å². The highest BCUT2D eigenvalue weighted by molar-refractivity contribution is 7.99. The molecule has 0 spiro atoms. The van der Waals surface area contributed by atoms with Gasteiger partial charge in [0.15, 0.2) is 5.16 Å². The first-order valence-corrected chi connectivity index (χ1v) is 8.03. The number of ether oxygens (including phenoxy) is 1. The molecule has 0 saturated carbocycles. The predicted molar refractivity (Wildman–Crippen MR) is 79.7 cm³/mol. The van der Waals surface area contributed by atoms with E-state index in [2.05, 4.69) is 35.8 Å². The van der Waals surface area contributed by atoms with Crippen LogP contribution in [0.5, 0.6) is 0 Å². The highest BCUT2D eigenvalue weighted by atomic mass is 32.2. The molecule has 0 bridgehead atoms. The monoisotopic (exact) mass is 276 g/mol. The fourth-order valence-electron chi connectivity index (χ4n) is 2.60. The van der Waals surface area contributed by atoms with Gasteiger partial charge in [-0.2, -0.15) is 0 Å². The lowest BCUT2D eigenvalue weighted by atomic mass is 10.1. The summed E-state index contributed by atoms with van der Waals surface area (Å²) in [4.78, 5) is 4.75. The van der Waals surface area contributed by atoms with E-state index in [0.29, 0.717) is 5.92 Å². The molecule has 0 radical (unpaired) electrons. The molecular weight excluding hydrogens is 256 g/mol. The lowest BCUT2D eigenvalue weighted by Gasteiger charge is -2.21. The Morgan fingerprint density at radius 3 is 3.11 bits per heavy atom. The van der Waals surface area contributed by atoms with Crippen molar-refractivity contribution < 1.29 is 4.74 Å². The number of rotatable bonds is 4. The van der Waals surface area contributed by atoms with Gasteiger partial charge in [-0.15, -0.1) is 0 Å². The Kier molecular flexibility index (Phi) is 4.09. The SMILES string of the molecule is CCn1c(SC[C@@H]2CCCOC2)nc2ccccc21. The van der Waals surface area contributed by atoms with Crippen LogP contribution in [0.4, 0.5) is 0 Å². The van der Waals surface area contributed by atoms with E-state index < -0.39 is 0 Å². The van der Waals surface area contributed by atoms with E-state index in [-0.39, 0.29) is 0 Å².